The molecule has 0 unspecified atom stereocenters. The van der Waals surface area contributed by atoms with E-state index >= 15 is 0 Å². The lowest BCUT2D eigenvalue weighted by Gasteiger charge is -1.96. The third-order valence-electron chi connectivity index (χ3n) is 3.17. The summed E-state index contributed by atoms with van der Waals surface area (Å²) in [6, 6.07) is 6.22. The first-order valence-electron chi connectivity index (χ1n) is 8.47. The maximum Gasteiger partial charge on any atom is 0.345 e. The number of hydrogen-bond donors (Lipinski definition) is 3. The van der Waals surface area contributed by atoms with Gasteiger partial charge in [-0.2, -0.15) is 0 Å². The number of anilines is 2. The van der Waals surface area contributed by atoms with Crippen molar-refractivity contribution in [2.24, 2.45) is 0 Å². The van der Waals surface area contributed by atoms with Crippen LogP contribution in [0.15, 0.2) is 36.7 Å². The van der Waals surface area contributed by atoms with Crippen molar-refractivity contribution < 1.29 is 24.5 Å². The molecule has 0 aliphatic heterocycles. The van der Waals surface area contributed by atoms with Crippen molar-refractivity contribution in [2.45, 2.75) is 0 Å². The second-order valence-corrected chi connectivity index (χ2v) is 11.0. The second kappa shape index (κ2) is 13.0. The van der Waals surface area contributed by atoms with E-state index in [4.69, 9.17) is 34.0 Å². The number of thiophene rings is 2. The summed E-state index contributed by atoms with van der Waals surface area (Å²) in [5, 5.41) is 31.4. The van der Waals surface area contributed by atoms with E-state index in [2.05, 4.69) is 15.3 Å². The van der Waals surface area contributed by atoms with E-state index in [1.54, 1.807) is 18.2 Å². The van der Waals surface area contributed by atoms with E-state index in [-0.39, 0.29) is 31.0 Å². The third kappa shape index (κ3) is 9.15. The molecule has 0 aliphatic rings. The smallest absolute Gasteiger partial charge is 0.345 e. The Morgan fingerprint density at radius 3 is 1.74 bits per heavy atom. The number of nitrogen functional groups attached to an aromatic ring is 1. The zero-order valence-electron chi connectivity index (χ0n) is 16.6. The average molecular weight is 597 g/mol. The van der Waals surface area contributed by atoms with Gasteiger partial charge in [-0.3, -0.25) is 30.3 Å². The molecule has 0 saturated heterocycles. The Morgan fingerprint density at radius 2 is 1.40 bits per heavy atom. The Bertz CT molecular complexity index is 1300. The van der Waals surface area contributed by atoms with E-state index in [1.165, 1.54) is 6.07 Å². The maximum absolute atomic E-state index is 11.6. The van der Waals surface area contributed by atoms with Gasteiger partial charge in [-0.1, -0.05) is 23.2 Å². The number of carbonyl (C=O) groups is 2. The molecular formula is C16H10Cl2N6O7S4. The number of nitrogens with one attached hydrogen (secondary N) is 1. The minimum Gasteiger partial charge on any atom is -0.477 e. The number of nitrogens with two attached hydrogens (primary N) is 1. The van der Waals surface area contributed by atoms with Gasteiger partial charge in [0.25, 0.3) is 5.91 Å². The number of nitrogens with zero attached hydrogens (tertiary/aromatic N) is 4. The predicted molar refractivity (Wildman–Crippen MR) is 136 cm³/mol. The highest BCUT2D eigenvalue weighted by molar-refractivity contribution is 7.20. The zero-order chi connectivity index (χ0) is 26.1. The number of carbonyl (C=O) groups excluding carboxylic acids is 1. The van der Waals surface area contributed by atoms with Crippen LogP contribution in [-0.2, 0) is 0 Å². The number of aromatic carboxylic acids is 1. The molecule has 4 N–H and O–H groups in total. The fourth-order valence-electron chi connectivity index (χ4n) is 1.80. The van der Waals surface area contributed by atoms with Crippen LogP contribution in [0.2, 0.25) is 8.67 Å². The first-order chi connectivity index (χ1) is 16.5. The molecule has 0 aromatic carbocycles. The number of nitro groups is 2. The molecule has 19 heteroatoms. The van der Waals surface area contributed by atoms with Crippen molar-refractivity contribution >= 4 is 101 Å². The molecule has 0 fully saturated rings. The van der Waals surface area contributed by atoms with Gasteiger partial charge in [-0.05, 0) is 46.9 Å². The SMILES string of the molecule is Nc1ncc([N+](=O)[O-])s1.O=C(Nc1ncc([N+](=O)[O-])s1)c1ccc(Cl)s1.O=C(O)c1ccc(Cl)s1. The van der Waals surface area contributed by atoms with E-state index in [9.17, 15) is 29.8 Å². The largest absolute Gasteiger partial charge is 0.477 e. The van der Waals surface area contributed by atoms with Gasteiger partial charge < -0.3 is 10.8 Å². The lowest BCUT2D eigenvalue weighted by atomic mass is 10.4. The van der Waals surface area contributed by atoms with Crippen molar-refractivity contribution in [2.75, 3.05) is 11.1 Å². The van der Waals surface area contributed by atoms with Crippen LogP contribution >= 0.6 is 68.5 Å². The quantitative estimate of drug-likeness (QED) is 0.187. The highest BCUT2D eigenvalue weighted by Crippen LogP contribution is 2.27. The Kier molecular flexibility index (Phi) is 10.4. The minimum atomic E-state index is -0.924. The van der Waals surface area contributed by atoms with Gasteiger partial charge in [0, 0.05) is 0 Å². The molecule has 0 spiro atoms. The van der Waals surface area contributed by atoms with Gasteiger partial charge in [0.05, 0.1) is 23.4 Å². The van der Waals surface area contributed by atoms with Crippen LogP contribution in [0, 0.1) is 20.2 Å². The molecule has 0 atom stereocenters. The molecule has 0 saturated carbocycles. The molecule has 13 nitrogen and oxygen atoms in total. The summed E-state index contributed by atoms with van der Waals surface area (Å²) in [7, 11) is 0. The van der Waals surface area contributed by atoms with Crippen LogP contribution in [0.5, 0.6) is 0 Å². The monoisotopic (exact) mass is 596 g/mol. The zero-order valence-corrected chi connectivity index (χ0v) is 21.4. The molecule has 0 aliphatic carbocycles. The molecule has 4 aromatic heterocycles. The first kappa shape index (κ1) is 28.0. The third-order valence-corrected chi connectivity index (χ3v) is 7.26. The Labute approximate surface area is 220 Å². The molecule has 0 bridgehead atoms. The molecule has 4 heterocycles. The van der Waals surface area contributed by atoms with Crippen molar-refractivity contribution in [3.05, 3.63) is 75.3 Å². The van der Waals surface area contributed by atoms with E-state index in [1.807, 2.05) is 0 Å². The average Bonchev–Trinajstić information content (AvgIpc) is 3.57. The Morgan fingerprint density at radius 1 is 0.886 bits per heavy atom. The number of thiazole rings is 2. The van der Waals surface area contributed by atoms with Crippen LogP contribution < -0.4 is 11.1 Å². The first-order valence-corrected chi connectivity index (χ1v) is 12.5. The molecule has 1 amide bonds. The molecule has 35 heavy (non-hydrogen) atoms. The van der Waals surface area contributed by atoms with E-state index < -0.39 is 15.8 Å². The summed E-state index contributed by atoms with van der Waals surface area (Å²) in [5.41, 5.74) is 5.12. The van der Waals surface area contributed by atoms with Crippen molar-refractivity contribution in [1.82, 2.24) is 9.97 Å². The number of rotatable bonds is 5. The molecule has 4 aromatic rings. The van der Waals surface area contributed by atoms with Crippen LogP contribution in [-0.4, -0.2) is 36.8 Å². The van der Waals surface area contributed by atoms with Crippen LogP contribution in [0.25, 0.3) is 0 Å². The Hall–Kier alpha value is -3.22. The van der Waals surface area contributed by atoms with E-state index in [0.29, 0.717) is 13.5 Å². The lowest BCUT2D eigenvalue weighted by Crippen LogP contribution is -2.09. The summed E-state index contributed by atoms with van der Waals surface area (Å²) >= 11 is 15.0. The van der Waals surface area contributed by atoms with Crippen molar-refractivity contribution in [3.8, 4) is 0 Å². The second-order valence-electron chi connectivity index (χ2n) is 5.52. The molecule has 184 valence electrons. The van der Waals surface area contributed by atoms with Gasteiger partial charge in [-0.25, -0.2) is 14.8 Å². The van der Waals surface area contributed by atoms with Gasteiger partial charge in [0.15, 0.2) is 10.3 Å². The fourth-order valence-corrected chi connectivity index (χ4v) is 4.74. The normalized spacial score (nSPS) is 9.77. The summed E-state index contributed by atoms with van der Waals surface area (Å²) in [4.78, 5) is 49.0. The number of aromatic nitrogens is 2. The predicted octanol–water partition coefficient (Wildman–Crippen LogP) is 5.75. The van der Waals surface area contributed by atoms with Crippen molar-refractivity contribution in [1.29, 1.82) is 0 Å². The lowest BCUT2D eigenvalue weighted by molar-refractivity contribution is -0.380. The minimum absolute atomic E-state index is 0.0208. The van der Waals surface area contributed by atoms with Crippen molar-refractivity contribution in [3.63, 3.8) is 0 Å². The number of carboxylic acids is 1. The Balaban J connectivity index is 0.000000203. The van der Waals surface area contributed by atoms with Gasteiger partial charge in [-0.15, -0.1) is 22.7 Å². The maximum atomic E-state index is 11.6. The summed E-state index contributed by atoms with van der Waals surface area (Å²) < 4.78 is 1.01. The van der Waals surface area contributed by atoms with E-state index in [0.717, 1.165) is 57.7 Å². The van der Waals surface area contributed by atoms with Gasteiger partial charge >= 0.3 is 16.0 Å². The standard InChI is InChI=1S/C8H4ClN3O3S2.C5H3ClO2S.C3H3N3O2S/c9-5-2-1-4(16-5)7(13)11-8-10-3-6(17-8)12(14)15;6-4-2-1-3(9-4)5(7)8;4-3-5-1-2(9-3)6(7)8/h1-3H,(H,10,11,13);1-2H,(H,7,8);1H,(H2,4,5). The molecular weight excluding hydrogens is 587 g/mol. The molecule has 4 rings (SSSR count). The van der Waals surface area contributed by atoms with Gasteiger partial charge in [0.2, 0.25) is 0 Å². The number of halogens is 2. The van der Waals surface area contributed by atoms with Crippen LogP contribution in [0.4, 0.5) is 20.3 Å². The summed E-state index contributed by atoms with van der Waals surface area (Å²) in [6.45, 7) is 0. The number of amides is 1. The fraction of sp³-hybridized carbons (Fsp3) is 0. The van der Waals surface area contributed by atoms with Gasteiger partial charge in [0.1, 0.15) is 17.3 Å². The summed E-state index contributed by atoms with van der Waals surface area (Å²) in [6.07, 6.45) is 2.24. The van der Waals surface area contributed by atoms with Crippen LogP contribution in [0.3, 0.4) is 0 Å². The highest BCUT2D eigenvalue weighted by atomic mass is 35.5. The highest BCUT2D eigenvalue weighted by Gasteiger charge is 2.15. The number of hydrogen-bond acceptors (Lipinski definition) is 13. The number of carboxylic acid groups (broad SMARTS) is 1. The molecule has 0 radical (unpaired) electrons. The topological polar surface area (TPSA) is 204 Å². The van der Waals surface area contributed by atoms with Crippen LogP contribution in [0.1, 0.15) is 19.3 Å². The summed E-state index contributed by atoms with van der Waals surface area (Å²) in [5.74, 6) is -1.31.